The van der Waals surface area contributed by atoms with Crippen LogP contribution in [-0.4, -0.2) is 46.5 Å². The molecule has 0 aromatic heterocycles. The van der Waals surface area contributed by atoms with Crippen LogP contribution in [0.25, 0.3) is 0 Å². The van der Waals surface area contributed by atoms with Crippen molar-refractivity contribution in [3.63, 3.8) is 0 Å². The lowest BCUT2D eigenvalue weighted by Gasteiger charge is -2.29. The molecule has 3 aromatic carbocycles. The van der Waals surface area contributed by atoms with Crippen molar-refractivity contribution >= 4 is 5.91 Å². The van der Waals surface area contributed by atoms with E-state index in [-0.39, 0.29) is 5.91 Å². The van der Waals surface area contributed by atoms with Gasteiger partial charge in [0.1, 0.15) is 5.75 Å². The lowest BCUT2D eigenvalue weighted by Crippen LogP contribution is -2.39. The van der Waals surface area contributed by atoms with Crippen molar-refractivity contribution in [2.45, 2.75) is 45.2 Å². The number of carbonyl (C=O) groups is 1. The highest BCUT2D eigenvalue weighted by molar-refractivity contribution is 5.94. The van der Waals surface area contributed by atoms with E-state index in [2.05, 4.69) is 41.0 Å². The average Bonchev–Trinajstić information content (AvgIpc) is 3.60. The first kappa shape index (κ1) is 22.7. The van der Waals surface area contributed by atoms with Crippen LogP contribution in [0.3, 0.4) is 0 Å². The summed E-state index contributed by atoms with van der Waals surface area (Å²) in [5, 5.41) is 10.3. The predicted octanol–water partition coefficient (Wildman–Crippen LogP) is 5.53. The number of amides is 1. The van der Waals surface area contributed by atoms with Gasteiger partial charge in [0.2, 0.25) is 0 Å². The van der Waals surface area contributed by atoms with Gasteiger partial charge >= 0.3 is 0 Å². The Kier molecular flexibility index (Phi) is 6.42. The number of phenolic OH excluding ortho intramolecular Hbond substituents is 1. The Morgan fingerprint density at radius 3 is 2.47 bits per heavy atom. The monoisotopic (exact) mass is 454 g/mol. The van der Waals surface area contributed by atoms with E-state index >= 15 is 0 Å². The number of phenols is 1. The van der Waals surface area contributed by atoms with Crippen LogP contribution in [0.4, 0.5) is 0 Å². The van der Waals surface area contributed by atoms with E-state index in [1.807, 2.05) is 49.4 Å². The second-order valence-corrected chi connectivity index (χ2v) is 10.1. The van der Waals surface area contributed by atoms with E-state index in [0.717, 1.165) is 55.7 Å². The largest absolute Gasteiger partial charge is 0.508 e. The molecule has 5 rings (SSSR count). The average molecular weight is 455 g/mol. The van der Waals surface area contributed by atoms with E-state index in [9.17, 15) is 9.90 Å². The number of nitrogens with zero attached hydrogens (tertiary/aromatic N) is 2. The van der Waals surface area contributed by atoms with Crippen LogP contribution in [0, 0.1) is 19.8 Å². The molecule has 2 atom stereocenters. The van der Waals surface area contributed by atoms with Crippen molar-refractivity contribution in [3.8, 4) is 5.75 Å². The number of hydrogen-bond donors (Lipinski definition) is 1. The Bertz CT molecular complexity index is 1170. The number of carbonyl (C=O) groups excluding carboxylic acids is 1. The zero-order valence-corrected chi connectivity index (χ0v) is 20.2. The van der Waals surface area contributed by atoms with Gasteiger partial charge in [0, 0.05) is 49.3 Å². The molecular formula is C30H34N2O2. The first-order chi connectivity index (χ1) is 16.5. The number of benzene rings is 3. The number of aryl methyl sites for hydroxylation is 2. The van der Waals surface area contributed by atoms with Crippen LogP contribution in [0.1, 0.15) is 51.4 Å². The van der Waals surface area contributed by atoms with Gasteiger partial charge in [-0.05, 0) is 61.9 Å². The number of rotatable bonds is 7. The third-order valence-corrected chi connectivity index (χ3v) is 7.43. The molecule has 0 bridgehead atoms. The third kappa shape index (κ3) is 4.88. The summed E-state index contributed by atoms with van der Waals surface area (Å²) in [4.78, 5) is 18.2. The van der Waals surface area contributed by atoms with Gasteiger partial charge in [-0.2, -0.15) is 0 Å². The summed E-state index contributed by atoms with van der Waals surface area (Å²) < 4.78 is 0. The fourth-order valence-corrected chi connectivity index (χ4v) is 5.50. The fourth-order valence-electron chi connectivity index (χ4n) is 5.50. The number of para-hydroxylation sites is 1. The molecule has 1 saturated carbocycles. The van der Waals surface area contributed by atoms with Crippen molar-refractivity contribution in [2.24, 2.45) is 5.92 Å². The van der Waals surface area contributed by atoms with E-state index in [4.69, 9.17) is 0 Å². The molecule has 1 aliphatic heterocycles. The Morgan fingerprint density at radius 2 is 1.74 bits per heavy atom. The van der Waals surface area contributed by atoms with E-state index in [1.54, 1.807) is 6.07 Å². The number of aromatic hydroxyl groups is 1. The molecular weight excluding hydrogens is 420 g/mol. The van der Waals surface area contributed by atoms with Crippen LogP contribution in [-0.2, 0) is 6.54 Å². The summed E-state index contributed by atoms with van der Waals surface area (Å²) in [5.74, 6) is 1.22. The smallest absolute Gasteiger partial charge is 0.254 e. The van der Waals surface area contributed by atoms with Gasteiger partial charge in [-0.3, -0.25) is 9.69 Å². The maximum atomic E-state index is 13.6. The van der Waals surface area contributed by atoms with Crippen molar-refractivity contribution in [1.82, 2.24) is 9.80 Å². The molecule has 176 valence electrons. The normalized spacial score (nSPS) is 20.4. The highest BCUT2D eigenvalue weighted by atomic mass is 16.3. The van der Waals surface area contributed by atoms with Gasteiger partial charge in [0.25, 0.3) is 5.91 Å². The van der Waals surface area contributed by atoms with Crippen LogP contribution in [0.15, 0.2) is 72.8 Å². The Morgan fingerprint density at radius 1 is 0.971 bits per heavy atom. The minimum atomic E-state index is 0.161. The van der Waals surface area contributed by atoms with E-state index in [1.165, 1.54) is 11.1 Å². The fraction of sp³-hybridized carbons (Fsp3) is 0.367. The lowest BCUT2D eigenvalue weighted by atomic mass is 9.86. The summed E-state index contributed by atoms with van der Waals surface area (Å²) >= 11 is 0. The molecule has 2 aliphatic rings. The second-order valence-electron chi connectivity index (χ2n) is 10.1. The molecule has 4 nitrogen and oxygen atoms in total. The minimum absolute atomic E-state index is 0.161. The van der Waals surface area contributed by atoms with E-state index < -0.39 is 0 Å². The molecule has 2 unspecified atom stereocenters. The quantitative estimate of drug-likeness (QED) is 0.511. The van der Waals surface area contributed by atoms with Crippen LogP contribution in [0.2, 0.25) is 0 Å². The Labute approximate surface area is 202 Å². The first-order valence-electron chi connectivity index (χ1n) is 12.4. The summed E-state index contributed by atoms with van der Waals surface area (Å²) in [6.45, 7) is 7.57. The molecule has 2 fully saturated rings. The van der Waals surface area contributed by atoms with Gasteiger partial charge < -0.3 is 10.0 Å². The third-order valence-electron chi connectivity index (χ3n) is 7.43. The first-order valence-corrected chi connectivity index (χ1v) is 12.4. The molecule has 1 amide bonds. The van der Waals surface area contributed by atoms with E-state index in [0.29, 0.717) is 23.6 Å². The summed E-state index contributed by atoms with van der Waals surface area (Å²) in [6, 6.07) is 24.6. The predicted molar refractivity (Wildman–Crippen MR) is 136 cm³/mol. The van der Waals surface area contributed by atoms with Gasteiger partial charge in [-0.25, -0.2) is 0 Å². The van der Waals surface area contributed by atoms with Crippen molar-refractivity contribution in [1.29, 1.82) is 0 Å². The minimum Gasteiger partial charge on any atom is -0.508 e. The molecule has 34 heavy (non-hydrogen) atoms. The SMILES string of the molecule is Cc1cccc(C(=O)N(CC2CN(Cc3ccccc3O)CC2c2ccccc2C)C2CC2)c1. The van der Waals surface area contributed by atoms with Crippen LogP contribution < -0.4 is 0 Å². The maximum Gasteiger partial charge on any atom is 0.254 e. The van der Waals surface area contributed by atoms with Crippen LogP contribution >= 0.6 is 0 Å². The highest BCUT2D eigenvalue weighted by Crippen LogP contribution is 2.38. The summed E-state index contributed by atoms with van der Waals surface area (Å²) in [6.07, 6.45) is 2.20. The van der Waals surface area contributed by atoms with Crippen molar-refractivity contribution in [3.05, 3.63) is 101 Å². The summed E-state index contributed by atoms with van der Waals surface area (Å²) in [5.41, 5.74) is 5.56. The molecule has 0 spiro atoms. The number of hydrogen-bond acceptors (Lipinski definition) is 3. The van der Waals surface area contributed by atoms with Crippen molar-refractivity contribution < 1.29 is 9.90 Å². The van der Waals surface area contributed by atoms with Gasteiger partial charge in [-0.1, -0.05) is 60.2 Å². The zero-order chi connectivity index (χ0) is 23.7. The molecule has 1 saturated heterocycles. The Hall–Kier alpha value is -3.11. The number of likely N-dealkylation sites (tertiary alicyclic amines) is 1. The highest BCUT2D eigenvalue weighted by Gasteiger charge is 2.40. The standard InChI is InChI=1S/C30H34N2O2/c1-21-8-7-11-23(16-21)30(34)32(26-14-15-26)19-25-18-31(17-24-10-4-6-13-29(24)33)20-28(25)27-12-5-3-9-22(27)2/h3-13,16,25-26,28,33H,14-15,17-20H2,1-2H3. The molecule has 1 N–H and O–H groups in total. The molecule has 0 radical (unpaired) electrons. The Balaban J connectivity index is 1.41. The maximum absolute atomic E-state index is 13.6. The molecule has 1 aliphatic carbocycles. The van der Waals surface area contributed by atoms with Gasteiger partial charge in [-0.15, -0.1) is 0 Å². The van der Waals surface area contributed by atoms with Gasteiger partial charge in [0.15, 0.2) is 0 Å². The van der Waals surface area contributed by atoms with Gasteiger partial charge in [0.05, 0.1) is 0 Å². The topological polar surface area (TPSA) is 43.8 Å². The van der Waals surface area contributed by atoms with Crippen LogP contribution in [0.5, 0.6) is 5.75 Å². The molecule has 1 heterocycles. The lowest BCUT2D eigenvalue weighted by molar-refractivity contribution is 0.0710. The van der Waals surface area contributed by atoms with Crippen molar-refractivity contribution in [2.75, 3.05) is 19.6 Å². The second kappa shape index (κ2) is 9.63. The summed E-state index contributed by atoms with van der Waals surface area (Å²) in [7, 11) is 0. The zero-order valence-electron chi connectivity index (χ0n) is 20.2. The molecule has 3 aromatic rings. The molecule has 4 heteroatoms.